The minimum absolute atomic E-state index is 0.00306. The Labute approximate surface area is 387 Å². The highest BCUT2D eigenvalue weighted by atomic mass is 16.3. The first-order valence-electron chi connectivity index (χ1n) is 23.6. The van der Waals surface area contributed by atoms with Gasteiger partial charge in [-0.25, -0.2) is 0 Å². The van der Waals surface area contributed by atoms with Crippen LogP contribution < -0.4 is 26.4 Å². The number of aryl methyl sites for hydroxylation is 4. The van der Waals surface area contributed by atoms with Gasteiger partial charge >= 0.3 is 0 Å². The normalized spacial score (nSPS) is 14.1. The van der Waals surface area contributed by atoms with Crippen LogP contribution in [-0.4, -0.2) is 6.71 Å². The lowest BCUT2D eigenvalue weighted by Crippen LogP contribution is -2.61. The molecule has 2 aliphatic rings. The van der Waals surface area contributed by atoms with E-state index in [4.69, 9.17) is 8.83 Å². The SMILES string of the molecule is Cc1cc(C(C)(C)C)cc(C)c1N1c2cc(-c3coc4ccccc34)ccc2B2c3oc4ccc(C(C)(C)C)cc4c3N(c3c(C)cc(C(C)(C)C)cc3C)c3cc(C(C)(C)C)cc1c32. The van der Waals surface area contributed by atoms with Gasteiger partial charge in [-0.1, -0.05) is 144 Å². The van der Waals surface area contributed by atoms with E-state index in [1.807, 2.05) is 12.3 Å². The van der Waals surface area contributed by atoms with Crippen molar-refractivity contribution >= 4 is 79.4 Å². The molecule has 0 saturated carbocycles. The van der Waals surface area contributed by atoms with Gasteiger partial charge in [0.2, 0.25) is 0 Å². The molecule has 4 heterocycles. The predicted octanol–water partition coefficient (Wildman–Crippen LogP) is 15.4. The van der Waals surface area contributed by atoms with E-state index < -0.39 is 0 Å². The molecule has 0 spiro atoms. The van der Waals surface area contributed by atoms with E-state index in [-0.39, 0.29) is 28.4 Å². The first-order chi connectivity index (χ1) is 30.4. The van der Waals surface area contributed by atoms with Crippen molar-refractivity contribution in [3.63, 3.8) is 0 Å². The summed E-state index contributed by atoms with van der Waals surface area (Å²) in [6.07, 6.45) is 1.93. The van der Waals surface area contributed by atoms with Gasteiger partial charge in [0.1, 0.15) is 11.2 Å². The van der Waals surface area contributed by atoms with Crippen molar-refractivity contribution in [2.45, 2.75) is 132 Å². The Morgan fingerprint density at radius 2 is 0.969 bits per heavy atom. The Kier molecular flexibility index (Phi) is 9.44. The van der Waals surface area contributed by atoms with E-state index in [0.717, 1.165) is 50.1 Å². The van der Waals surface area contributed by atoms with Crippen LogP contribution in [0.3, 0.4) is 0 Å². The highest BCUT2D eigenvalue weighted by Crippen LogP contribution is 2.52. The van der Waals surface area contributed by atoms with Gasteiger partial charge in [0.25, 0.3) is 6.71 Å². The molecule has 65 heavy (non-hydrogen) atoms. The molecule has 0 radical (unpaired) electrons. The number of benzene rings is 6. The van der Waals surface area contributed by atoms with Gasteiger partial charge in [-0.15, -0.1) is 0 Å². The van der Waals surface area contributed by atoms with Crippen LogP contribution in [-0.2, 0) is 21.7 Å². The highest BCUT2D eigenvalue weighted by Gasteiger charge is 2.48. The van der Waals surface area contributed by atoms with E-state index in [1.54, 1.807) is 0 Å². The van der Waals surface area contributed by atoms with Crippen LogP contribution in [0.25, 0.3) is 33.1 Å². The van der Waals surface area contributed by atoms with Crippen LogP contribution >= 0.6 is 0 Å². The minimum Gasteiger partial charge on any atom is -0.468 e. The molecule has 5 heteroatoms. The maximum atomic E-state index is 7.40. The number of rotatable bonds is 3. The second-order valence-corrected chi connectivity index (χ2v) is 23.4. The van der Waals surface area contributed by atoms with E-state index >= 15 is 0 Å². The monoisotopic (exact) mass is 857 g/mol. The summed E-state index contributed by atoms with van der Waals surface area (Å²) in [6, 6.07) is 37.0. The molecule has 2 aliphatic heterocycles. The first-order valence-corrected chi connectivity index (χ1v) is 23.6. The van der Waals surface area contributed by atoms with E-state index in [0.29, 0.717) is 0 Å². The summed E-state index contributed by atoms with van der Waals surface area (Å²) >= 11 is 0. The molecular formula is C60H65BN2O2. The third kappa shape index (κ3) is 6.78. The molecule has 0 saturated heterocycles. The fourth-order valence-electron chi connectivity index (χ4n) is 10.7. The third-order valence-corrected chi connectivity index (χ3v) is 14.3. The van der Waals surface area contributed by atoms with Gasteiger partial charge in [-0.2, -0.15) is 0 Å². The molecule has 0 bridgehead atoms. The molecule has 2 aromatic heterocycles. The summed E-state index contributed by atoms with van der Waals surface area (Å²) in [5, 5.41) is 2.26. The maximum Gasteiger partial charge on any atom is 0.297 e. The Morgan fingerprint density at radius 1 is 0.446 bits per heavy atom. The number of nitrogens with zero attached hydrogens (tertiary/aromatic N) is 2. The van der Waals surface area contributed by atoms with E-state index in [1.165, 1.54) is 78.2 Å². The molecule has 6 aromatic carbocycles. The van der Waals surface area contributed by atoms with Crippen LogP contribution in [0, 0.1) is 27.7 Å². The van der Waals surface area contributed by atoms with Gasteiger partial charge in [0.05, 0.1) is 29.0 Å². The molecule has 0 N–H and O–H groups in total. The number of anilines is 6. The second-order valence-electron chi connectivity index (χ2n) is 23.4. The lowest BCUT2D eigenvalue weighted by molar-refractivity contribution is 0.589. The lowest BCUT2D eigenvalue weighted by Gasteiger charge is -2.45. The quantitative estimate of drug-likeness (QED) is 0.166. The maximum absolute atomic E-state index is 7.40. The number of para-hydroxylation sites is 1. The number of furan rings is 2. The van der Waals surface area contributed by atoms with Gasteiger partial charge in [0, 0.05) is 33.4 Å². The molecule has 330 valence electrons. The molecule has 0 aliphatic carbocycles. The molecule has 0 unspecified atom stereocenters. The summed E-state index contributed by atoms with van der Waals surface area (Å²) in [6.45, 7) is 36.9. The number of fused-ring (bicyclic) bond motifs is 7. The molecule has 4 nitrogen and oxygen atoms in total. The van der Waals surface area contributed by atoms with Crippen LogP contribution in [0.4, 0.5) is 34.1 Å². The summed E-state index contributed by atoms with van der Waals surface area (Å²) in [5.41, 5.74) is 24.7. The summed E-state index contributed by atoms with van der Waals surface area (Å²) in [4.78, 5) is 5.21. The summed E-state index contributed by atoms with van der Waals surface area (Å²) < 4.78 is 13.6. The van der Waals surface area contributed by atoms with Gasteiger partial charge in [-0.3, -0.25) is 0 Å². The highest BCUT2D eigenvalue weighted by molar-refractivity contribution is 7.00. The third-order valence-electron chi connectivity index (χ3n) is 14.3. The molecule has 0 atom stereocenters. The van der Waals surface area contributed by atoms with Gasteiger partial charge < -0.3 is 18.6 Å². The summed E-state index contributed by atoms with van der Waals surface area (Å²) in [7, 11) is 0. The number of hydrogen-bond acceptors (Lipinski definition) is 4. The second kappa shape index (κ2) is 14.3. The van der Waals surface area contributed by atoms with E-state index in [9.17, 15) is 0 Å². The van der Waals surface area contributed by atoms with Crippen molar-refractivity contribution in [1.82, 2.24) is 0 Å². The van der Waals surface area contributed by atoms with Crippen molar-refractivity contribution in [3.8, 4) is 11.1 Å². The molecule has 8 aromatic rings. The number of hydrogen-bond donors (Lipinski definition) is 0. The lowest BCUT2D eigenvalue weighted by atomic mass is 9.35. The Morgan fingerprint density at radius 3 is 1.54 bits per heavy atom. The van der Waals surface area contributed by atoms with Crippen molar-refractivity contribution in [2.24, 2.45) is 0 Å². The topological polar surface area (TPSA) is 32.8 Å². The zero-order valence-corrected chi connectivity index (χ0v) is 41.6. The molecule has 10 rings (SSSR count). The molecule has 0 amide bonds. The average Bonchev–Trinajstić information content (AvgIpc) is 3.82. The molecular weight excluding hydrogens is 791 g/mol. The first kappa shape index (κ1) is 43.0. The largest absolute Gasteiger partial charge is 0.468 e. The van der Waals surface area contributed by atoms with Crippen LogP contribution in [0.5, 0.6) is 0 Å². The van der Waals surface area contributed by atoms with Crippen molar-refractivity contribution in [1.29, 1.82) is 0 Å². The van der Waals surface area contributed by atoms with Crippen LogP contribution in [0.1, 0.15) is 128 Å². The Bertz CT molecular complexity index is 3210. The van der Waals surface area contributed by atoms with Crippen molar-refractivity contribution in [2.75, 3.05) is 9.80 Å². The zero-order valence-electron chi connectivity index (χ0n) is 41.6. The van der Waals surface area contributed by atoms with Gasteiger partial charge in [-0.05, 0) is 147 Å². The Hall–Kier alpha value is -5.94. The smallest absolute Gasteiger partial charge is 0.297 e. The Balaban J connectivity index is 1.37. The fraction of sp³-hybridized carbons (Fsp3) is 0.333. The van der Waals surface area contributed by atoms with Crippen molar-refractivity contribution in [3.05, 3.63) is 148 Å². The molecule has 0 fully saturated rings. The van der Waals surface area contributed by atoms with Crippen LogP contribution in [0.2, 0.25) is 0 Å². The predicted molar refractivity (Wildman–Crippen MR) is 279 cm³/mol. The standard InChI is InChI=1S/C60H65BN2O2/c1-34-25-40(58(8,9)10)26-35(2)53(34)62-47-29-38(45-33-64-50-20-18-17-19-43(45)50)21-23-46(47)61-52-48(62)31-42(60(14,15)16)32-49(52)63(54-36(3)27-41(28-37(54)4)59(11,12)13)55-44-30-39(57(5,6)7)22-24-51(44)65-56(55)61/h17-33H,1-16H3. The average molecular weight is 857 g/mol. The van der Waals surface area contributed by atoms with E-state index in [2.05, 4.69) is 212 Å². The van der Waals surface area contributed by atoms with Crippen molar-refractivity contribution < 1.29 is 8.83 Å². The zero-order chi connectivity index (χ0) is 46.4. The van der Waals surface area contributed by atoms with Gasteiger partial charge in [0.15, 0.2) is 0 Å². The minimum atomic E-state index is -0.170. The summed E-state index contributed by atoms with van der Waals surface area (Å²) in [5.74, 6) is 0. The fourth-order valence-corrected chi connectivity index (χ4v) is 10.7. The van der Waals surface area contributed by atoms with Crippen LogP contribution in [0.15, 0.2) is 112 Å².